The van der Waals surface area contributed by atoms with E-state index in [4.69, 9.17) is 11.6 Å². The van der Waals surface area contributed by atoms with Crippen LogP contribution in [-0.4, -0.2) is 47.2 Å². The quantitative estimate of drug-likeness (QED) is 0.722. The summed E-state index contributed by atoms with van der Waals surface area (Å²) in [6, 6.07) is 9.69. The highest BCUT2D eigenvalue weighted by Crippen LogP contribution is 2.40. The summed E-state index contributed by atoms with van der Waals surface area (Å²) in [5.41, 5.74) is 1.28. The van der Waals surface area contributed by atoms with Crippen molar-refractivity contribution in [3.05, 3.63) is 34.9 Å². The van der Waals surface area contributed by atoms with Crippen LogP contribution in [0.25, 0.3) is 0 Å². The maximum absolute atomic E-state index is 11.2. The number of carboxylic acid groups (broad SMARTS) is 1. The molecule has 142 valence electrons. The summed E-state index contributed by atoms with van der Waals surface area (Å²) in [5.74, 6) is 0.543. The molecule has 0 saturated heterocycles. The Morgan fingerprint density at radius 2 is 1.96 bits per heavy atom. The Balaban J connectivity index is 1.31. The number of rotatable bonds is 8. The zero-order valence-corrected chi connectivity index (χ0v) is 16.0. The van der Waals surface area contributed by atoms with Crippen molar-refractivity contribution >= 4 is 17.6 Å². The number of nitrogens with zero attached hydrogens (tertiary/aromatic N) is 1. The SMILES string of the molecule is O=C(O)CN(CC1CC1)C1CC(NC2CCCC2c2ccccc2Cl)C1. The van der Waals surface area contributed by atoms with Crippen LogP contribution >= 0.6 is 11.6 Å². The summed E-state index contributed by atoms with van der Waals surface area (Å²) in [7, 11) is 0. The molecule has 4 rings (SSSR count). The van der Waals surface area contributed by atoms with Gasteiger partial charge in [0.1, 0.15) is 0 Å². The molecule has 0 aliphatic heterocycles. The van der Waals surface area contributed by atoms with Crippen molar-refractivity contribution in [2.75, 3.05) is 13.1 Å². The Labute approximate surface area is 160 Å². The van der Waals surface area contributed by atoms with Gasteiger partial charge in [0.15, 0.2) is 0 Å². The number of carboxylic acids is 1. The Hall–Kier alpha value is -1.10. The highest BCUT2D eigenvalue weighted by atomic mass is 35.5. The van der Waals surface area contributed by atoms with Gasteiger partial charge >= 0.3 is 5.97 Å². The lowest BCUT2D eigenvalue weighted by Crippen LogP contribution is -2.56. The highest BCUT2D eigenvalue weighted by molar-refractivity contribution is 6.31. The standard InChI is InChI=1S/C21H29ClN2O2/c22-19-6-2-1-4-17(19)18-5-3-7-20(18)23-15-10-16(11-15)24(13-21(25)26)12-14-8-9-14/h1-2,4,6,14-16,18,20,23H,3,5,7-13H2,(H,25,26). The number of benzene rings is 1. The molecule has 1 aromatic rings. The van der Waals surface area contributed by atoms with E-state index in [0.717, 1.165) is 30.3 Å². The van der Waals surface area contributed by atoms with E-state index in [1.165, 1.54) is 37.7 Å². The van der Waals surface area contributed by atoms with Crippen LogP contribution in [-0.2, 0) is 4.79 Å². The molecule has 2 N–H and O–H groups in total. The van der Waals surface area contributed by atoms with Gasteiger partial charge in [-0.2, -0.15) is 0 Å². The largest absolute Gasteiger partial charge is 0.480 e. The minimum Gasteiger partial charge on any atom is -0.480 e. The molecule has 3 aliphatic rings. The van der Waals surface area contributed by atoms with Crippen LogP contribution in [0.2, 0.25) is 5.02 Å². The molecule has 0 bridgehead atoms. The second-order valence-electron chi connectivity index (χ2n) is 8.42. The normalized spacial score (nSPS) is 31.2. The number of carbonyl (C=O) groups is 1. The van der Waals surface area contributed by atoms with E-state index in [2.05, 4.69) is 22.3 Å². The number of aliphatic carboxylic acids is 1. The fourth-order valence-electron chi connectivity index (χ4n) is 4.78. The first-order chi connectivity index (χ1) is 12.6. The van der Waals surface area contributed by atoms with Crippen molar-refractivity contribution in [2.24, 2.45) is 5.92 Å². The fraction of sp³-hybridized carbons (Fsp3) is 0.667. The Morgan fingerprint density at radius 1 is 1.19 bits per heavy atom. The van der Waals surface area contributed by atoms with Gasteiger partial charge < -0.3 is 10.4 Å². The molecule has 0 aromatic heterocycles. The summed E-state index contributed by atoms with van der Waals surface area (Å²) in [5, 5.41) is 13.9. The van der Waals surface area contributed by atoms with Crippen LogP contribution in [0.1, 0.15) is 56.4 Å². The van der Waals surface area contributed by atoms with E-state index in [1.807, 2.05) is 12.1 Å². The molecule has 3 aliphatic carbocycles. The molecule has 0 radical (unpaired) electrons. The third-order valence-electron chi connectivity index (χ3n) is 6.43. The van der Waals surface area contributed by atoms with E-state index >= 15 is 0 Å². The lowest BCUT2D eigenvalue weighted by atomic mass is 9.83. The highest BCUT2D eigenvalue weighted by Gasteiger charge is 2.39. The fourth-order valence-corrected chi connectivity index (χ4v) is 5.06. The monoisotopic (exact) mass is 376 g/mol. The average molecular weight is 377 g/mol. The molecular formula is C21H29ClN2O2. The molecule has 1 aromatic carbocycles. The van der Waals surface area contributed by atoms with Crippen molar-refractivity contribution < 1.29 is 9.90 Å². The van der Waals surface area contributed by atoms with Gasteiger partial charge in [0.2, 0.25) is 0 Å². The first-order valence-electron chi connectivity index (χ1n) is 10.1. The number of hydrogen-bond acceptors (Lipinski definition) is 3. The van der Waals surface area contributed by atoms with Gasteiger partial charge in [-0.05, 0) is 56.1 Å². The third kappa shape index (κ3) is 4.24. The molecule has 3 fully saturated rings. The molecule has 0 amide bonds. The smallest absolute Gasteiger partial charge is 0.317 e. The molecule has 5 heteroatoms. The Morgan fingerprint density at radius 3 is 2.65 bits per heavy atom. The predicted molar refractivity (Wildman–Crippen MR) is 104 cm³/mol. The maximum Gasteiger partial charge on any atom is 0.317 e. The zero-order valence-electron chi connectivity index (χ0n) is 15.2. The van der Waals surface area contributed by atoms with Crippen LogP contribution in [0.4, 0.5) is 0 Å². The van der Waals surface area contributed by atoms with Gasteiger partial charge in [0.05, 0.1) is 6.54 Å². The van der Waals surface area contributed by atoms with Crippen LogP contribution in [0.5, 0.6) is 0 Å². The van der Waals surface area contributed by atoms with Crippen molar-refractivity contribution in [2.45, 2.75) is 69.0 Å². The zero-order chi connectivity index (χ0) is 18.1. The van der Waals surface area contributed by atoms with Crippen LogP contribution in [0.3, 0.4) is 0 Å². The summed E-state index contributed by atoms with van der Waals surface area (Å²) < 4.78 is 0. The predicted octanol–water partition coefficient (Wildman–Crippen LogP) is 3.89. The van der Waals surface area contributed by atoms with Gasteiger partial charge in [-0.25, -0.2) is 0 Å². The molecule has 3 saturated carbocycles. The minimum atomic E-state index is -0.698. The van der Waals surface area contributed by atoms with Gasteiger partial charge in [-0.1, -0.05) is 36.2 Å². The first kappa shape index (κ1) is 18.3. The second-order valence-corrected chi connectivity index (χ2v) is 8.83. The van der Waals surface area contributed by atoms with E-state index in [1.54, 1.807) is 0 Å². The first-order valence-corrected chi connectivity index (χ1v) is 10.4. The topological polar surface area (TPSA) is 52.6 Å². The summed E-state index contributed by atoms with van der Waals surface area (Å²) in [6.07, 6.45) is 8.34. The van der Waals surface area contributed by atoms with Gasteiger partial charge in [-0.3, -0.25) is 9.69 Å². The molecule has 0 heterocycles. The Bertz CT molecular complexity index is 643. The summed E-state index contributed by atoms with van der Waals surface area (Å²) >= 11 is 6.43. The van der Waals surface area contributed by atoms with Crippen molar-refractivity contribution in [3.8, 4) is 0 Å². The lowest BCUT2D eigenvalue weighted by Gasteiger charge is -2.44. The van der Waals surface area contributed by atoms with Crippen molar-refractivity contribution in [3.63, 3.8) is 0 Å². The lowest BCUT2D eigenvalue weighted by molar-refractivity contribution is -0.139. The van der Waals surface area contributed by atoms with E-state index < -0.39 is 5.97 Å². The molecule has 0 spiro atoms. The van der Waals surface area contributed by atoms with Gasteiger partial charge in [0.25, 0.3) is 0 Å². The van der Waals surface area contributed by atoms with Crippen molar-refractivity contribution in [1.82, 2.24) is 10.2 Å². The van der Waals surface area contributed by atoms with Crippen LogP contribution in [0.15, 0.2) is 24.3 Å². The molecule has 2 atom stereocenters. The minimum absolute atomic E-state index is 0.194. The van der Waals surface area contributed by atoms with E-state index in [9.17, 15) is 9.90 Å². The van der Waals surface area contributed by atoms with Crippen molar-refractivity contribution in [1.29, 1.82) is 0 Å². The molecule has 2 unspecified atom stereocenters. The molecular weight excluding hydrogens is 348 g/mol. The number of halogens is 1. The number of nitrogens with one attached hydrogen (secondary N) is 1. The number of hydrogen-bond donors (Lipinski definition) is 2. The third-order valence-corrected chi connectivity index (χ3v) is 6.77. The van der Waals surface area contributed by atoms with E-state index in [-0.39, 0.29) is 6.54 Å². The van der Waals surface area contributed by atoms with Crippen LogP contribution in [0, 0.1) is 5.92 Å². The van der Waals surface area contributed by atoms with E-state index in [0.29, 0.717) is 24.0 Å². The average Bonchev–Trinajstić information content (AvgIpc) is 3.26. The molecule has 26 heavy (non-hydrogen) atoms. The van der Waals surface area contributed by atoms with Crippen LogP contribution < -0.4 is 5.32 Å². The Kier molecular flexibility index (Phi) is 5.53. The molecule has 4 nitrogen and oxygen atoms in total. The second kappa shape index (κ2) is 7.87. The summed E-state index contributed by atoms with van der Waals surface area (Å²) in [6.45, 7) is 1.16. The summed E-state index contributed by atoms with van der Waals surface area (Å²) in [4.78, 5) is 13.4. The maximum atomic E-state index is 11.2. The van der Waals surface area contributed by atoms with Gasteiger partial charge in [0, 0.05) is 35.6 Å². The van der Waals surface area contributed by atoms with Gasteiger partial charge in [-0.15, -0.1) is 0 Å².